The van der Waals surface area contributed by atoms with Gasteiger partial charge in [-0.15, -0.1) is 0 Å². The number of nitrogens with zero attached hydrogens (tertiary/aromatic N) is 1. The van der Waals surface area contributed by atoms with Gasteiger partial charge in [-0.25, -0.2) is 0 Å². The molecule has 1 aliphatic heterocycles. The van der Waals surface area contributed by atoms with Gasteiger partial charge in [0.1, 0.15) is 0 Å². The van der Waals surface area contributed by atoms with E-state index >= 15 is 0 Å². The van der Waals surface area contributed by atoms with Crippen LogP contribution in [0.4, 0.5) is 0 Å². The number of benzene rings is 1. The molecule has 2 rings (SSSR count). The van der Waals surface area contributed by atoms with Crippen LogP contribution in [-0.4, -0.2) is 35.8 Å². The first-order chi connectivity index (χ1) is 8.20. The molecule has 1 saturated heterocycles. The Morgan fingerprint density at radius 3 is 2.82 bits per heavy atom. The summed E-state index contributed by atoms with van der Waals surface area (Å²) < 4.78 is 0.991. The van der Waals surface area contributed by atoms with Crippen molar-refractivity contribution in [2.24, 2.45) is 0 Å². The highest BCUT2D eigenvalue weighted by molar-refractivity contribution is 9.10. The summed E-state index contributed by atoms with van der Waals surface area (Å²) in [6, 6.07) is 7.88. The number of carbonyl (C=O) groups is 1. The molecule has 0 bridgehead atoms. The van der Waals surface area contributed by atoms with E-state index in [4.69, 9.17) is 0 Å². The molecule has 1 unspecified atom stereocenters. The minimum absolute atomic E-state index is 0.112. The van der Waals surface area contributed by atoms with E-state index in [1.54, 1.807) is 0 Å². The van der Waals surface area contributed by atoms with E-state index in [1.165, 1.54) is 0 Å². The highest BCUT2D eigenvalue weighted by Crippen LogP contribution is 2.16. The normalized spacial score (nSPS) is 19.6. The highest BCUT2D eigenvalue weighted by Gasteiger charge is 2.26. The molecule has 1 amide bonds. The van der Waals surface area contributed by atoms with Crippen LogP contribution in [0.15, 0.2) is 28.7 Å². The lowest BCUT2D eigenvalue weighted by Gasteiger charge is -2.16. The van der Waals surface area contributed by atoms with E-state index in [9.17, 15) is 4.79 Å². The predicted molar refractivity (Wildman–Crippen MR) is 75.4 cm³/mol. The van der Waals surface area contributed by atoms with E-state index in [2.05, 4.69) is 33.9 Å². The molecule has 1 heterocycles. The Bertz CT molecular complexity index is 396. The molecule has 1 aliphatic rings. The molecular weight excluding hydrogens is 300 g/mol. The zero-order valence-electron chi connectivity index (χ0n) is 9.40. The van der Waals surface area contributed by atoms with Crippen molar-refractivity contribution in [3.05, 3.63) is 34.3 Å². The van der Waals surface area contributed by atoms with Crippen molar-refractivity contribution in [2.75, 3.05) is 19.0 Å². The van der Waals surface area contributed by atoms with Crippen molar-refractivity contribution in [3.8, 4) is 0 Å². The van der Waals surface area contributed by atoms with Crippen LogP contribution in [-0.2, 0) is 0 Å². The lowest BCUT2D eigenvalue weighted by Crippen LogP contribution is -2.34. The molecule has 1 aromatic rings. The van der Waals surface area contributed by atoms with Gasteiger partial charge < -0.3 is 10.2 Å². The van der Waals surface area contributed by atoms with Gasteiger partial charge in [0, 0.05) is 35.0 Å². The third-order valence-corrected chi connectivity index (χ3v) is 3.66. The minimum Gasteiger partial charge on any atom is -0.337 e. The number of nitrogens with one attached hydrogen (secondary N) is 1. The molecule has 92 valence electrons. The Balaban J connectivity index is 1.99. The lowest BCUT2D eigenvalue weighted by molar-refractivity contribution is 0.0789. The van der Waals surface area contributed by atoms with Gasteiger partial charge in [-0.3, -0.25) is 4.79 Å². The monoisotopic (exact) mass is 314 g/mol. The maximum atomic E-state index is 12.2. The number of hydrogen-bond donors (Lipinski definition) is 2. The van der Waals surface area contributed by atoms with Crippen molar-refractivity contribution in [2.45, 2.75) is 12.5 Å². The Kier molecular flexibility index (Phi) is 4.48. The average molecular weight is 315 g/mol. The predicted octanol–water partition coefficient (Wildman–Crippen LogP) is 2.14. The second-order valence-electron chi connectivity index (χ2n) is 4.11. The Labute approximate surface area is 115 Å². The van der Waals surface area contributed by atoms with Crippen molar-refractivity contribution < 1.29 is 4.79 Å². The molecule has 1 atom stereocenters. The van der Waals surface area contributed by atoms with Gasteiger partial charge in [-0.05, 0) is 30.7 Å². The molecule has 0 radical (unpaired) electrons. The SMILES string of the molecule is O=C(c1ccc(Br)cc1)N1CCC(NCS)C1. The highest BCUT2D eigenvalue weighted by atomic mass is 79.9. The van der Waals surface area contributed by atoms with Crippen LogP contribution in [0, 0.1) is 0 Å². The largest absolute Gasteiger partial charge is 0.337 e. The minimum atomic E-state index is 0.112. The molecule has 17 heavy (non-hydrogen) atoms. The van der Waals surface area contributed by atoms with Crippen LogP contribution in [0.3, 0.4) is 0 Å². The maximum Gasteiger partial charge on any atom is 0.253 e. The fourth-order valence-corrected chi connectivity index (χ4v) is 2.54. The van der Waals surface area contributed by atoms with Gasteiger partial charge in [0.15, 0.2) is 0 Å². The second kappa shape index (κ2) is 5.89. The summed E-state index contributed by atoms with van der Waals surface area (Å²) in [6.07, 6.45) is 1.00. The summed E-state index contributed by atoms with van der Waals surface area (Å²) in [4.78, 5) is 14.1. The van der Waals surface area contributed by atoms with Crippen molar-refractivity contribution in [3.63, 3.8) is 0 Å². The lowest BCUT2D eigenvalue weighted by atomic mass is 10.2. The number of amides is 1. The quantitative estimate of drug-likeness (QED) is 0.662. The number of hydrogen-bond acceptors (Lipinski definition) is 3. The fourth-order valence-electron chi connectivity index (χ4n) is 2.02. The van der Waals surface area contributed by atoms with Gasteiger partial charge in [0.05, 0.1) is 0 Å². The summed E-state index contributed by atoms with van der Waals surface area (Å²) in [5.41, 5.74) is 0.750. The third-order valence-electron chi connectivity index (χ3n) is 2.95. The molecule has 1 N–H and O–H groups in total. The molecule has 0 spiro atoms. The number of halogens is 1. The summed E-state index contributed by atoms with van der Waals surface area (Å²) in [5.74, 6) is 0.770. The van der Waals surface area contributed by atoms with Crippen molar-refractivity contribution in [1.82, 2.24) is 10.2 Å². The first-order valence-corrected chi connectivity index (χ1v) is 7.02. The van der Waals surface area contributed by atoms with Gasteiger partial charge in [-0.1, -0.05) is 15.9 Å². The van der Waals surface area contributed by atoms with Crippen LogP contribution in [0.5, 0.6) is 0 Å². The van der Waals surface area contributed by atoms with Gasteiger partial charge in [0.2, 0.25) is 0 Å². The molecule has 0 aromatic heterocycles. The summed E-state index contributed by atoms with van der Waals surface area (Å²) >= 11 is 7.50. The maximum absolute atomic E-state index is 12.2. The number of carbonyl (C=O) groups excluding carboxylic acids is 1. The first kappa shape index (κ1) is 12.9. The van der Waals surface area contributed by atoms with Gasteiger partial charge in [-0.2, -0.15) is 12.6 Å². The van der Waals surface area contributed by atoms with Crippen LogP contribution >= 0.6 is 28.6 Å². The zero-order chi connectivity index (χ0) is 12.3. The Morgan fingerprint density at radius 1 is 1.47 bits per heavy atom. The number of thiol groups is 1. The summed E-state index contributed by atoms with van der Waals surface area (Å²) in [7, 11) is 0. The summed E-state index contributed by atoms with van der Waals surface area (Å²) in [5, 5.41) is 3.25. The van der Waals surface area contributed by atoms with Crippen LogP contribution in [0.1, 0.15) is 16.8 Å². The second-order valence-corrected chi connectivity index (χ2v) is 5.34. The molecule has 0 saturated carbocycles. The topological polar surface area (TPSA) is 32.3 Å². The van der Waals surface area contributed by atoms with Crippen molar-refractivity contribution in [1.29, 1.82) is 0 Å². The summed E-state index contributed by atoms with van der Waals surface area (Å²) in [6.45, 7) is 1.59. The zero-order valence-corrected chi connectivity index (χ0v) is 11.9. The first-order valence-electron chi connectivity index (χ1n) is 5.60. The molecule has 0 aliphatic carbocycles. The molecule has 1 fully saturated rings. The van der Waals surface area contributed by atoms with Crippen LogP contribution in [0.2, 0.25) is 0 Å². The van der Waals surface area contributed by atoms with E-state index in [0.29, 0.717) is 11.9 Å². The standard InChI is InChI=1S/C12H15BrN2OS/c13-10-3-1-9(2-4-10)12(16)15-6-5-11(7-15)14-8-17/h1-4,11,14,17H,5-8H2. The molecule has 3 nitrogen and oxygen atoms in total. The Hall–Kier alpha value is -0.520. The van der Waals surface area contributed by atoms with Gasteiger partial charge in [0.25, 0.3) is 5.91 Å². The van der Waals surface area contributed by atoms with E-state index in [-0.39, 0.29) is 5.91 Å². The number of rotatable bonds is 3. The molecule has 5 heteroatoms. The fraction of sp³-hybridized carbons (Fsp3) is 0.417. The van der Waals surface area contributed by atoms with E-state index in [1.807, 2.05) is 29.2 Å². The third kappa shape index (κ3) is 3.24. The smallest absolute Gasteiger partial charge is 0.253 e. The number of likely N-dealkylation sites (tertiary alicyclic amines) is 1. The van der Waals surface area contributed by atoms with Crippen molar-refractivity contribution >= 4 is 34.5 Å². The van der Waals surface area contributed by atoms with E-state index in [0.717, 1.165) is 29.5 Å². The van der Waals surface area contributed by atoms with E-state index < -0.39 is 0 Å². The van der Waals surface area contributed by atoms with Crippen LogP contribution in [0.25, 0.3) is 0 Å². The molecule has 1 aromatic carbocycles. The average Bonchev–Trinajstić information content (AvgIpc) is 2.78. The Morgan fingerprint density at radius 2 is 2.18 bits per heavy atom. The molecular formula is C12H15BrN2OS. The van der Waals surface area contributed by atoms with Gasteiger partial charge >= 0.3 is 0 Å². The van der Waals surface area contributed by atoms with Crippen LogP contribution < -0.4 is 5.32 Å².